The van der Waals surface area contributed by atoms with Gasteiger partial charge in [-0.3, -0.25) is 0 Å². The standard InChI is InChI=1S/C24H36O9/c1-12(2)6-8-30-15-10-14-17(21(20(15)29-5)31-9-7-13(3)4)22-23(33-24(14)28)19(27)18(26)16(11-25)32-22/h10,12-13,16,18-19,22-23,25-27H,6-9,11H2,1-5H3/t16-,18-,19+,22+,23-/m1/s1. The highest BCUT2D eigenvalue weighted by atomic mass is 16.6. The summed E-state index contributed by atoms with van der Waals surface area (Å²) in [7, 11) is 1.49. The van der Waals surface area contributed by atoms with Gasteiger partial charge in [-0.05, 0) is 30.7 Å². The van der Waals surface area contributed by atoms with Crippen molar-refractivity contribution >= 4 is 5.97 Å². The lowest BCUT2D eigenvalue weighted by Gasteiger charge is -2.44. The quantitative estimate of drug-likeness (QED) is 0.444. The van der Waals surface area contributed by atoms with Crippen LogP contribution in [0, 0.1) is 11.8 Å². The second-order valence-electron chi connectivity index (χ2n) is 9.39. The van der Waals surface area contributed by atoms with Gasteiger partial charge in [0, 0.05) is 5.56 Å². The Kier molecular flexibility index (Phi) is 8.44. The summed E-state index contributed by atoms with van der Waals surface area (Å²) in [5, 5.41) is 30.5. The van der Waals surface area contributed by atoms with Crippen LogP contribution in [0.2, 0.25) is 0 Å². The van der Waals surface area contributed by atoms with Crippen molar-refractivity contribution in [1.82, 2.24) is 0 Å². The van der Waals surface area contributed by atoms with Gasteiger partial charge in [0.2, 0.25) is 5.75 Å². The van der Waals surface area contributed by atoms with E-state index in [2.05, 4.69) is 27.7 Å². The van der Waals surface area contributed by atoms with Crippen LogP contribution in [0.25, 0.3) is 0 Å². The summed E-state index contributed by atoms with van der Waals surface area (Å²) < 4.78 is 29.1. The van der Waals surface area contributed by atoms with Crippen LogP contribution in [-0.4, -0.2) is 72.6 Å². The number of aliphatic hydroxyl groups excluding tert-OH is 3. The van der Waals surface area contributed by atoms with Crippen LogP contribution in [0.15, 0.2) is 6.07 Å². The number of rotatable bonds is 10. The van der Waals surface area contributed by atoms with Gasteiger partial charge in [0.15, 0.2) is 17.6 Å². The summed E-state index contributed by atoms with van der Waals surface area (Å²) in [6.45, 7) is 8.59. The van der Waals surface area contributed by atoms with E-state index < -0.39 is 43.1 Å². The number of ether oxygens (including phenoxy) is 5. The van der Waals surface area contributed by atoms with Crippen molar-refractivity contribution in [2.45, 2.75) is 71.1 Å². The monoisotopic (exact) mass is 468 g/mol. The molecule has 9 heteroatoms. The fourth-order valence-corrected chi connectivity index (χ4v) is 3.97. The van der Waals surface area contributed by atoms with Crippen LogP contribution in [0.4, 0.5) is 0 Å². The highest BCUT2D eigenvalue weighted by molar-refractivity contribution is 5.95. The smallest absolute Gasteiger partial charge is 0.339 e. The third-order valence-corrected chi connectivity index (χ3v) is 5.95. The van der Waals surface area contributed by atoms with Gasteiger partial charge in [0.05, 0.1) is 32.5 Å². The second-order valence-corrected chi connectivity index (χ2v) is 9.39. The van der Waals surface area contributed by atoms with E-state index in [1.54, 1.807) is 0 Å². The molecule has 2 aliphatic heterocycles. The number of benzene rings is 1. The van der Waals surface area contributed by atoms with Crippen LogP contribution >= 0.6 is 0 Å². The molecular formula is C24H36O9. The van der Waals surface area contributed by atoms with Gasteiger partial charge in [0.25, 0.3) is 0 Å². The zero-order valence-corrected chi connectivity index (χ0v) is 19.9. The van der Waals surface area contributed by atoms with E-state index in [4.69, 9.17) is 23.7 Å². The average molecular weight is 469 g/mol. The average Bonchev–Trinajstić information content (AvgIpc) is 2.76. The number of carbonyl (C=O) groups excluding carboxylic acids is 1. The molecular weight excluding hydrogens is 432 g/mol. The third-order valence-electron chi connectivity index (χ3n) is 5.95. The molecule has 1 aromatic rings. The third kappa shape index (κ3) is 5.37. The van der Waals surface area contributed by atoms with Crippen molar-refractivity contribution in [2.24, 2.45) is 11.8 Å². The Morgan fingerprint density at radius 1 is 1.00 bits per heavy atom. The fraction of sp³-hybridized carbons (Fsp3) is 0.708. The van der Waals surface area contributed by atoms with Gasteiger partial charge in [0.1, 0.15) is 24.4 Å². The van der Waals surface area contributed by atoms with Crippen molar-refractivity contribution in [1.29, 1.82) is 0 Å². The molecule has 9 nitrogen and oxygen atoms in total. The van der Waals surface area contributed by atoms with E-state index in [0.717, 1.165) is 12.8 Å². The zero-order valence-electron chi connectivity index (χ0n) is 19.9. The lowest BCUT2D eigenvalue weighted by molar-refractivity contribution is -0.235. The number of hydrogen-bond donors (Lipinski definition) is 3. The van der Waals surface area contributed by atoms with E-state index in [1.165, 1.54) is 13.2 Å². The van der Waals surface area contributed by atoms with Crippen molar-refractivity contribution in [3.63, 3.8) is 0 Å². The van der Waals surface area contributed by atoms with E-state index in [9.17, 15) is 20.1 Å². The summed E-state index contributed by atoms with van der Waals surface area (Å²) in [5.74, 6) is 1.08. The molecule has 2 aliphatic rings. The Labute approximate surface area is 194 Å². The second kappa shape index (κ2) is 10.9. The minimum Gasteiger partial charge on any atom is -0.490 e. The van der Waals surface area contributed by atoms with Gasteiger partial charge in [-0.2, -0.15) is 0 Å². The molecule has 0 amide bonds. The Morgan fingerprint density at radius 2 is 1.64 bits per heavy atom. The molecule has 0 unspecified atom stereocenters. The minimum absolute atomic E-state index is 0.177. The molecule has 1 aromatic carbocycles. The number of hydrogen-bond acceptors (Lipinski definition) is 9. The first-order chi connectivity index (χ1) is 15.7. The Morgan fingerprint density at radius 3 is 2.21 bits per heavy atom. The van der Waals surface area contributed by atoms with E-state index in [0.29, 0.717) is 42.1 Å². The lowest BCUT2D eigenvalue weighted by atomic mass is 9.86. The van der Waals surface area contributed by atoms with E-state index >= 15 is 0 Å². The molecule has 1 fully saturated rings. The highest BCUT2D eigenvalue weighted by Gasteiger charge is 2.52. The largest absolute Gasteiger partial charge is 0.490 e. The normalized spacial score (nSPS) is 26.6. The first-order valence-electron chi connectivity index (χ1n) is 11.5. The van der Waals surface area contributed by atoms with Crippen LogP contribution in [-0.2, 0) is 9.47 Å². The molecule has 3 rings (SSSR count). The van der Waals surface area contributed by atoms with Crippen LogP contribution in [0.1, 0.15) is 62.6 Å². The number of fused-ring (bicyclic) bond motifs is 3. The number of carbonyl (C=O) groups is 1. The predicted octanol–water partition coefficient (Wildman–Crippen LogP) is 2.24. The minimum atomic E-state index is -1.44. The Balaban J connectivity index is 2.09. The predicted molar refractivity (Wildman–Crippen MR) is 119 cm³/mol. The summed E-state index contributed by atoms with van der Waals surface area (Å²) >= 11 is 0. The molecule has 3 N–H and O–H groups in total. The van der Waals surface area contributed by atoms with E-state index in [-0.39, 0.29) is 11.3 Å². The van der Waals surface area contributed by atoms with Gasteiger partial charge >= 0.3 is 5.97 Å². The Hall–Kier alpha value is -2.07. The summed E-state index contributed by atoms with van der Waals surface area (Å²) in [4.78, 5) is 12.9. The summed E-state index contributed by atoms with van der Waals surface area (Å²) in [6, 6.07) is 1.54. The Bertz CT molecular complexity index is 823. The summed E-state index contributed by atoms with van der Waals surface area (Å²) in [6.07, 6.45) is -4.44. The molecule has 2 heterocycles. The van der Waals surface area contributed by atoms with Crippen molar-refractivity contribution < 1.29 is 43.8 Å². The molecule has 5 atom stereocenters. The van der Waals surface area contributed by atoms with Gasteiger partial charge in [-0.15, -0.1) is 0 Å². The van der Waals surface area contributed by atoms with Gasteiger partial charge in [-0.1, -0.05) is 27.7 Å². The SMILES string of the molecule is COc1c(OCCC(C)C)cc2c(c1OCCC(C)C)[C@@H]1O[C@H](CO)[C@@H](O)[C@H](O)[C@H]1OC2=O. The molecule has 0 saturated carbocycles. The van der Waals surface area contributed by atoms with E-state index in [1.807, 2.05) is 0 Å². The van der Waals surface area contributed by atoms with Crippen LogP contribution in [0.3, 0.4) is 0 Å². The van der Waals surface area contributed by atoms with Crippen molar-refractivity contribution in [2.75, 3.05) is 26.9 Å². The molecule has 0 spiro atoms. The molecule has 0 aliphatic carbocycles. The summed E-state index contributed by atoms with van der Waals surface area (Å²) in [5.41, 5.74) is 0.536. The molecule has 33 heavy (non-hydrogen) atoms. The first kappa shape index (κ1) is 25.6. The topological polar surface area (TPSA) is 124 Å². The van der Waals surface area contributed by atoms with Gasteiger partial charge < -0.3 is 39.0 Å². The zero-order chi connectivity index (χ0) is 24.3. The molecule has 0 radical (unpaired) electrons. The maximum absolute atomic E-state index is 12.9. The van der Waals surface area contributed by atoms with Gasteiger partial charge in [-0.25, -0.2) is 4.79 Å². The number of methoxy groups -OCH3 is 1. The van der Waals surface area contributed by atoms with Crippen LogP contribution < -0.4 is 14.2 Å². The van der Waals surface area contributed by atoms with Crippen molar-refractivity contribution in [3.05, 3.63) is 17.2 Å². The highest BCUT2D eigenvalue weighted by Crippen LogP contribution is 2.51. The maximum atomic E-state index is 12.9. The molecule has 1 saturated heterocycles. The molecule has 0 bridgehead atoms. The lowest BCUT2D eigenvalue weighted by Crippen LogP contribution is -2.58. The number of aliphatic hydroxyl groups is 3. The molecule has 186 valence electrons. The van der Waals surface area contributed by atoms with Crippen molar-refractivity contribution in [3.8, 4) is 17.2 Å². The fourth-order valence-electron chi connectivity index (χ4n) is 3.97. The number of esters is 1. The first-order valence-corrected chi connectivity index (χ1v) is 11.5. The van der Waals surface area contributed by atoms with Crippen LogP contribution in [0.5, 0.6) is 17.2 Å². The molecule has 0 aromatic heterocycles. The maximum Gasteiger partial charge on any atom is 0.339 e.